The third-order valence-corrected chi connectivity index (χ3v) is 7.88. The number of fused-ring (bicyclic) bond motifs is 2. The average Bonchev–Trinajstić information content (AvgIpc) is 3.43. The summed E-state index contributed by atoms with van der Waals surface area (Å²) in [5.74, 6) is 0. The first kappa shape index (κ1) is 24.6. The summed E-state index contributed by atoms with van der Waals surface area (Å²) in [6, 6.07) is 18.8. The van der Waals surface area contributed by atoms with Gasteiger partial charge >= 0.3 is 0 Å². The van der Waals surface area contributed by atoms with Crippen molar-refractivity contribution in [1.82, 2.24) is 18.8 Å². The van der Waals surface area contributed by atoms with E-state index >= 15 is 0 Å². The molecule has 0 unspecified atom stereocenters. The van der Waals surface area contributed by atoms with E-state index in [2.05, 4.69) is 9.97 Å². The minimum Gasteiger partial charge on any atom is -0.296 e. The molecule has 0 aliphatic carbocycles. The van der Waals surface area contributed by atoms with Gasteiger partial charge in [-0.1, -0.05) is 82.8 Å². The first-order chi connectivity index (χ1) is 18.4. The Kier molecular flexibility index (Phi) is 6.20. The maximum absolute atomic E-state index is 11.2. The zero-order valence-electron chi connectivity index (χ0n) is 19.2. The first-order valence-electron chi connectivity index (χ1n) is 11.2. The number of hydrogen-bond acceptors (Lipinski definition) is 4. The summed E-state index contributed by atoms with van der Waals surface area (Å²) < 4.78 is 3.27. The summed E-state index contributed by atoms with van der Waals surface area (Å²) in [6.07, 6.45) is 4.74. The standard InChI is InChI=1S/C28H14Cl4N4O2/c29-25-17(15-7-9-35-23(11-15)33-21(13-37)27(35)31)3-1-5-19(25)20-6-2-4-18(26(20)30)16-8-10-36-24(12-16)34-22(14-38)28(36)32/h1-14H. The molecule has 0 aliphatic heterocycles. The Morgan fingerprint density at radius 1 is 0.579 bits per heavy atom. The molecule has 0 N–H and O–H groups in total. The summed E-state index contributed by atoms with van der Waals surface area (Å²) in [5, 5.41) is 1.52. The largest absolute Gasteiger partial charge is 0.296 e. The molecule has 10 heteroatoms. The van der Waals surface area contributed by atoms with E-state index in [9.17, 15) is 9.59 Å². The van der Waals surface area contributed by atoms with Crippen LogP contribution < -0.4 is 0 Å². The summed E-state index contributed by atoms with van der Waals surface area (Å²) in [5.41, 5.74) is 6.07. The molecule has 4 aromatic heterocycles. The number of hydrogen-bond donors (Lipinski definition) is 0. The van der Waals surface area contributed by atoms with Gasteiger partial charge in [0.2, 0.25) is 0 Å². The molecule has 6 rings (SSSR count). The van der Waals surface area contributed by atoms with Gasteiger partial charge in [0.1, 0.15) is 33.0 Å². The fraction of sp³-hybridized carbons (Fsp3) is 0. The highest BCUT2D eigenvalue weighted by molar-refractivity contribution is 6.39. The van der Waals surface area contributed by atoms with E-state index in [0.29, 0.717) is 33.9 Å². The fourth-order valence-electron chi connectivity index (χ4n) is 4.48. The van der Waals surface area contributed by atoms with Crippen LogP contribution >= 0.6 is 46.4 Å². The van der Waals surface area contributed by atoms with Crippen LogP contribution in [0.15, 0.2) is 73.1 Å². The molecule has 38 heavy (non-hydrogen) atoms. The minimum atomic E-state index is 0.172. The zero-order valence-corrected chi connectivity index (χ0v) is 22.2. The lowest BCUT2D eigenvalue weighted by Gasteiger charge is -2.14. The van der Waals surface area contributed by atoms with Crippen molar-refractivity contribution in [2.45, 2.75) is 0 Å². The number of rotatable bonds is 5. The van der Waals surface area contributed by atoms with Crippen molar-refractivity contribution < 1.29 is 9.59 Å². The zero-order chi connectivity index (χ0) is 26.6. The van der Waals surface area contributed by atoms with Gasteiger partial charge in [0, 0.05) is 34.6 Å². The molecular weight excluding hydrogens is 566 g/mol. The highest BCUT2D eigenvalue weighted by Gasteiger charge is 2.18. The number of carbonyl (C=O) groups excluding carboxylic acids is 2. The molecule has 0 amide bonds. The van der Waals surface area contributed by atoms with Crippen molar-refractivity contribution in [2.24, 2.45) is 0 Å². The maximum Gasteiger partial charge on any atom is 0.171 e. The van der Waals surface area contributed by atoms with Gasteiger partial charge in [0.25, 0.3) is 0 Å². The fourth-order valence-corrected chi connectivity index (χ4v) is 5.61. The van der Waals surface area contributed by atoms with Gasteiger partial charge in [0.15, 0.2) is 12.6 Å². The Labute approximate surface area is 236 Å². The van der Waals surface area contributed by atoms with Gasteiger partial charge in [-0.2, -0.15) is 0 Å². The number of nitrogens with zero attached hydrogens (tertiary/aromatic N) is 4. The van der Waals surface area contributed by atoms with Crippen LogP contribution in [0.1, 0.15) is 21.0 Å². The summed E-state index contributed by atoms with van der Waals surface area (Å²) in [6.45, 7) is 0. The number of imidazole rings is 2. The predicted molar refractivity (Wildman–Crippen MR) is 151 cm³/mol. The van der Waals surface area contributed by atoms with E-state index in [1.807, 2.05) is 60.7 Å². The lowest BCUT2D eigenvalue weighted by atomic mass is 9.96. The van der Waals surface area contributed by atoms with Crippen LogP contribution in [0.4, 0.5) is 0 Å². The van der Waals surface area contributed by atoms with Crippen LogP contribution in [0.2, 0.25) is 20.4 Å². The summed E-state index contributed by atoms with van der Waals surface area (Å²) in [4.78, 5) is 31.1. The van der Waals surface area contributed by atoms with Gasteiger partial charge in [-0.05, 0) is 35.4 Å². The molecule has 0 saturated heterocycles. The molecular formula is C28H14Cl4N4O2. The minimum absolute atomic E-state index is 0.172. The van der Waals surface area contributed by atoms with Crippen LogP contribution in [0.25, 0.3) is 44.7 Å². The molecule has 0 bridgehead atoms. The lowest BCUT2D eigenvalue weighted by molar-refractivity contribution is 0.111. The van der Waals surface area contributed by atoms with Gasteiger partial charge in [-0.3, -0.25) is 18.4 Å². The quantitative estimate of drug-likeness (QED) is 0.193. The lowest BCUT2D eigenvalue weighted by Crippen LogP contribution is -1.91. The Morgan fingerprint density at radius 2 is 0.974 bits per heavy atom. The number of benzene rings is 2. The van der Waals surface area contributed by atoms with Gasteiger partial charge in [-0.25, -0.2) is 9.97 Å². The topological polar surface area (TPSA) is 68.7 Å². The van der Waals surface area contributed by atoms with Crippen LogP contribution in [0.3, 0.4) is 0 Å². The summed E-state index contributed by atoms with van der Waals surface area (Å²) in [7, 11) is 0. The van der Waals surface area contributed by atoms with E-state index in [0.717, 1.165) is 33.4 Å². The van der Waals surface area contributed by atoms with Crippen molar-refractivity contribution in [2.75, 3.05) is 0 Å². The molecule has 0 fully saturated rings. The summed E-state index contributed by atoms with van der Waals surface area (Å²) >= 11 is 26.3. The van der Waals surface area contributed by atoms with Gasteiger partial charge < -0.3 is 0 Å². The van der Waals surface area contributed by atoms with Crippen molar-refractivity contribution >= 4 is 70.3 Å². The Balaban J connectivity index is 1.45. The number of pyridine rings is 2. The number of carbonyl (C=O) groups is 2. The normalized spacial score (nSPS) is 11.4. The highest BCUT2D eigenvalue weighted by Crippen LogP contribution is 2.42. The second kappa shape index (κ2) is 9.57. The highest BCUT2D eigenvalue weighted by atomic mass is 35.5. The number of halogens is 4. The Bertz CT molecular complexity index is 1790. The predicted octanol–water partition coefficient (Wildman–Crippen LogP) is 8.22. The third kappa shape index (κ3) is 3.89. The Hall–Kier alpha value is -3.68. The van der Waals surface area contributed by atoms with E-state index < -0.39 is 0 Å². The van der Waals surface area contributed by atoms with Crippen LogP contribution in [-0.4, -0.2) is 31.3 Å². The average molecular weight is 580 g/mol. The molecule has 4 heterocycles. The maximum atomic E-state index is 11.2. The molecule has 0 spiro atoms. The molecule has 2 aromatic carbocycles. The first-order valence-corrected chi connectivity index (χ1v) is 12.8. The van der Waals surface area contributed by atoms with E-state index in [4.69, 9.17) is 46.4 Å². The van der Waals surface area contributed by atoms with Crippen molar-refractivity contribution in [3.05, 3.63) is 105 Å². The third-order valence-electron chi connectivity index (χ3n) is 6.32. The molecule has 6 aromatic rings. The number of aldehydes is 2. The van der Waals surface area contributed by atoms with Crippen LogP contribution in [0.5, 0.6) is 0 Å². The Morgan fingerprint density at radius 3 is 1.37 bits per heavy atom. The number of aromatic nitrogens is 4. The van der Waals surface area contributed by atoms with Crippen LogP contribution in [-0.2, 0) is 0 Å². The molecule has 0 radical (unpaired) electrons. The van der Waals surface area contributed by atoms with E-state index in [1.165, 1.54) is 0 Å². The van der Waals surface area contributed by atoms with E-state index in [-0.39, 0.29) is 21.7 Å². The second-order valence-electron chi connectivity index (χ2n) is 8.43. The molecule has 0 saturated carbocycles. The van der Waals surface area contributed by atoms with Crippen molar-refractivity contribution in [3.8, 4) is 33.4 Å². The molecule has 6 nitrogen and oxygen atoms in total. The van der Waals surface area contributed by atoms with Crippen molar-refractivity contribution in [3.63, 3.8) is 0 Å². The molecule has 186 valence electrons. The second-order valence-corrected chi connectivity index (χ2v) is 9.90. The van der Waals surface area contributed by atoms with Gasteiger partial charge in [-0.15, -0.1) is 0 Å². The monoisotopic (exact) mass is 578 g/mol. The molecule has 0 aliphatic rings. The van der Waals surface area contributed by atoms with Crippen LogP contribution in [0, 0.1) is 0 Å². The van der Waals surface area contributed by atoms with E-state index in [1.54, 1.807) is 21.2 Å². The SMILES string of the molecule is O=Cc1nc2cc(-c3cccc(-c4cccc(-c5ccn6c(Cl)c(C=O)nc6c5)c4Cl)c3Cl)ccn2c1Cl. The van der Waals surface area contributed by atoms with Crippen molar-refractivity contribution in [1.29, 1.82) is 0 Å². The smallest absolute Gasteiger partial charge is 0.171 e. The molecule has 0 atom stereocenters. The van der Waals surface area contributed by atoms with Gasteiger partial charge in [0.05, 0.1) is 10.0 Å².